The van der Waals surface area contributed by atoms with Crippen LogP contribution >= 0.6 is 17.0 Å². The number of halogens is 1. The van der Waals surface area contributed by atoms with E-state index in [0.29, 0.717) is 5.95 Å². The van der Waals surface area contributed by atoms with Crippen LogP contribution in [0.4, 0.5) is 11.6 Å². The summed E-state index contributed by atoms with van der Waals surface area (Å²) in [7, 11) is 0. The van der Waals surface area contributed by atoms with Crippen LogP contribution in [0.5, 0.6) is 0 Å². The fourth-order valence-electron chi connectivity index (χ4n) is 2.10. The topological polar surface area (TPSA) is 83.8 Å². The number of nitrogens with two attached hydrogens (primary N) is 1. The number of hydrogen-bond acceptors (Lipinski definition) is 3. The van der Waals surface area contributed by atoms with Crippen LogP contribution in [0.1, 0.15) is 19.4 Å². The van der Waals surface area contributed by atoms with Gasteiger partial charge in [-0.05, 0) is 31.5 Å². The first-order valence-electron chi connectivity index (χ1n) is 5.09. The number of imidazole rings is 1. The molecule has 1 amide bonds. The van der Waals surface area contributed by atoms with Gasteiger partial charge in [0, 0.05) is 5.69 Å². The van der Waals surface area contributed by atoms with Gasteiger partial charge in [0.1, 0.15) is 0 Å². The number of H-pyrrole nitrogens is 1. The number of fused-ring (bicyclic) bond motifs is 2. The number of benzene rings is 1. The Balaban J connectivity index is 0.00000108. The monoisotopic (exact) mass is 296 g/mol. The van der Waals surface area contributed by atoms with E-state index in [4.69, 9.17) is 5.73 Å². The molecule has 90 valence electrons. The number of nitrogens with zero attached hydrogens (tertiary/aromatic N) is 1. The predicted octanol–water partition coefficient (Wildman–Crippen LogP) is 1.95. The van der Waals surface area contributed by atoms with Crippen LogP contribution in [0.2, 0.25) is 0 Å². The molecule has 0 atom stereocenters. The van der Waals surface area contributed by atoms with E-state index in [1.807, 2.05) is 26.0 Å². The summed E-state index contributed by atoms with van der Waals surface area (Å²) in [4.78, 5) is 18.9. The quantitative estimate of drug-likeness (QED) is 0.695. The SMILES string of the molecule is Br.CC1(C)C(=O)Nc2cc3[nH]c(N)nc3cc21. The van der Waals surface area contributed by atoms with Crippen molar-refractivity contribution < 1.29 is 4.79 Å². The molecule has 1 aromatic heterocycles. The van der Waals surface area contributed by atoms with Crippen LogP contribution in [-0.4, -0.2) is 15.9 Å². The average molecular weight is 297 g/mol. The molecule has 1 aliphatic heterocycles. The number of anilines is 2. The third-order valence-electron chi connectivity index (χ3n) is 3.13. The molecule has 3 rings (SSSR count). The minimum absolute atomic E-state index is 0. The van der Waals surface area contributed by atoms with Crippen molar-refractivity contribution in [3.05, 3.63) is 17.7 Å². The van der Waals surface area contributed by atoms with Crippen LogP contribution in [0.15, 0.2) is 12.1 Å². The number of nitrogens with one attached hydrogen (secondary N) is 2. The van der Waals surface area contributed by atoms with E-state index >= 15 is 0 Å². The predicted molar refractivity (Wildman–Crippen MR) is 72.5 cm³/mol. The molecular formula is C11H13BrN4O. The van der Waals surface area contributed by atoms with Gasteiger partial charge in [-0.15, -0.1) is 17.0 Å². The third kappa shape index (κ3) is 1.51. The molecule has 1 aliphatic rings. The van der Waals surface area contributed by atoms with Crippen molar-refractivity contribution >= 4 is 45.6 Å². The van der Waals surface area contributed by atoms with E-state index in [1.165, 1.54) is 0 Å². The molecule has 4 N–H and O–H groups in total. The molecule has 6 heteroatoms. The summed E-state index contributed by atoms with van der Waals surface area (Å²) in [5, 5.41) is 2.86. The molecule has 0 saturated heterocycles. The second kappa shape index (κ2) is 3.46. The lowest BCUT2D eigenvalue weighted by Crippen LogP contribution is -2.26. The molecular weight excluding hydrogens is 284 g/mol. The molecule has 0 unspecified atom stereocenters. The lowest BCUT2D eigenvalue weighted by molar-refractivity contribution is -0.119. The average Bonchev–Trinajstić information content (AvgIpc) is 2.63. The van der Waals surface area contributed by atoms with E-state index in [9.17, 15) is 4.79 Å². The summed E-state index contributed by atoms with van der Waals surface area (Å²) in [6, 6.07) is 3.79. The van der Waals surface area contributed by atoms with Gasteiger partial charge in [0.15, 0.2) is 5.95 Å². The zero-order valence-corrected chi connectivity index (χ0v) is 11.2. The molecule has 0 spiro atoms. The van der Waals surface area contributed by atoms with Crippen molar-refractivity contribution in [3.8, 4) is 0 Å². The largest absolute Gasteiger partial charge is 0.369 e. The first-order chi connectivity index (χ1) is 7.48. The van der Waals surface area contributed by atoms with Gasteiger partial charge in [0.05, 0.1) is 16.4 Å². The van der Waals surface area contributed by atoms with Gasteiger partial charge in [-0.25, -0.2) is 4.98 Å². The van der Waals surface area contributed by atoms with Crippen LogP contribution in [0, 0.1) is 0 Å². The minimum atomic E-state index is -0.503. The number of aromatic amines is 1. The zero-order chi connectivity index (χ0) is 11.5. The summed E-state index contributed by atoms with van der Waals surface area (Å²) >= 11 is 0. The fourth-order valence-corrected chi connectivity index (χ4v) is 2.10. The van der Waals surface area contributed by atoms with Gasteiger partial charge >= 0.3 is 0 Å². The summed E-state index contributed by atoms with van der Waals surface area (Å²) in [6.07, 6.45) is 0. The van der Waals surface area contributed by atoms with E-state index in [1.54, 1.807) is 0 Å². The third-order valence-corrected chi connectivity index (χ3v) is 3.13. The maximum atomic E-state index is 11.8. The smallest absolute Gasteiger partial charge is 0.234 e. The van der Waals surface area contributed by atoms with E-state index in [0.717, 1.165) is 22.3 Å². The molecule has 0 fully saturated rings. The van der Waals surface area contributed by atoms with Crippen molar-refractivity contribution in [2.75, 3.05) is 11.1 Å². The van der Waals surface area contributed by atoms with Gasteiger partial charge in [-0.2, -0.15) is 0 Å². The maximum Gasteiger partial charge on any atom is 0.234 e. The molecule has 5 nitrogen and oxygen atoms in total. The number of rotatable bonds is 0. The molecule has 17 heavy (non-hydrogen) atoms. The van der Waals surface area contributed by atoms with Crippen molar-refractivity contribution in [2.24, 2.45) is 0 Å². The highest BCUT2D eigenvalue weighted by Crippen LogP contribution is 2.39. The van der Waals surface area contributed by atoms with Crippen LogP contribution in [-0.2, 0) is 10.2 Å². The summed E-state index contributed by atoms with van der Waals surface area (Å²) < 4.78 is 0. The van der Waals surface area contributed by atoms with E-state index in [2.05, 4.69) is 15.3 Å². The number of nitrogen functional groups attached to an aromatic ring is 1. The lowest BCUT2D eigenvalue weighted by atomic mass is 9.86. The highest BCUT2D eigenvalue weighted by Gasteiger charge is 2.38. The Morgan fingerprint density at radius 1 is 1.35 bits per heavy atom. The Morgan fingerprint density at radius 3 is 2.76 bits per heavy atom. The molecule has 0 saturated carbocycles. The first kappa shape index (κ1) is 11.9. The maximum absolute atomic E-state index is 11.8. The van der Waals surface area contributed by atoms with E-state index < -0.39 is 5.41 Å². The number of hydrogen-bond donors (Lipinski definition) is 3. The number of carbonyl (C=O) groups is 1. The molecule has 2 aromatic rings. The summed E-state index contributed by atoms with van der Waals surface area (Å²) in [5.74, 6) is 0.408. The minimum Gasteiger partial charge on any atom is -0.369 e. The number of carbonyl (C=O) groups excluding carboxylic acids is 1. The normalized spacial score (nSPS) is 16.5. The van der Waals surface area contributed by atoms with Crippen LogP contribution in [0.3, 0.4) is 0 Å². The number of amides is 1. The Bertz CT molecular complexity index is 617. The van der Waals surface area contributed by atoms with Gasteiger partial charge in [-0.3, -0.25) is 4.79 Å². The Labute approximate surface area is 109 Å². The standard InChI is InChI=1S/C11H12N4O.BrH/c1-11(2)5-3-7-8(15-10(12)14-7)4-6(5)13-9(11)16;/h3-4H,1-2H3,(H,13,16)(H3,12,14,15);1H. The van der Waals surface area contributed by atoms with Crippen LogP contribution < -0.4 is 11.1 Å². The highest BCUT2D eigenvalue weighted by atomic mass is 79.9. The second-order valence-corrected chi connectivity index (χ2v) is 4.62. The van der Waals surface area contributed by atoms with Crippen LogP contribution in [0.25, 0.3) is 11.0 Å². The van der Waals surface area contributed by atoms with Crippen molar-refractivity contribution in [1.29, 1.82) is 0 Å². The molecule has 0 radical (unpaired) electrons. The Hall–Kier alpha value is -1.56. The molecule has 1 aromatic carbocycles. The summed E-state index contributed by atoms with van der Waals surface area (Å²) in [6.45, 7) is 3.80. The Kier molecular flexibility index (Phi) is 2.43. The number of aromatic nitrogens is 2. The van der Waals surface area contributed by atoms with Gasteiger partial charge in [0.2, 0.25) is 5.91 Å². The highest BCUT2D eigenvalue weighted by molar-refractivity contribution is 8.93. The fraction of sp³-hybridized carbons (Fsp3) is 0.273. The first-order valence-corrected chi connectivity index (χ1v) is 5.09. The van der Waals surface area contributed by atoms with Crippen molar-refractivity contribution in [1.82, 2.24) is 9.97 Å². The van der Waals surface area contributed by atoms with E-state index in [-0.39, 0.29) is 22.9 Å². The van der Waals surface area contributed by atoms with Gasteiger partial charge in [-0.1, -0.05) is 0 Å². The summed E-state index contributed by atoms with van der Waals surface area (Å²) in [5.41, 5.74) is 8.53. The molecule has 2 heterocycles. The van der Waals surface area contributed by atoms with Crippen molar-refractivity contribution in [3.63, 3.8) is 0 Å². The Morgan fingerprint density at radius 2 is 2.06 bits per heavy atom. The van der Waals surface area contributed by atoms with Gasteiger partial charge < -0.3 is 16.0 Å². The lowest BCUT2D eigenvalue weighted by Gasteiger charge is -2.14. The molecule has 0 aliphatic carbocycles. The second-order valence-electron chi connectivity index (χ2n) is 4.62. The molecule has 0 bridgehead atoms. The van der Waals surface area contributed by atoms with Crippen molar-refractivity contribution in [2.45, 2.75) is 19.3 Å². The van der Waals surface area contributed by atoms with Gasteiger partial charge in [0.25, 0.3) is 0 Å². The zero-order valence-electron chi connectivity index (χ0n) is 9.50.